The van der Waals surface area contributed by atoms with Crippen molar-refractivity contribution in [3.05, 3.63) is 74.5 Å². The number of para-hydroxylation sites is 1. The van der Waals surface area contributed by atoms with E-state index in [9.17, 15) is 9.59 Å². The number of carbonyl (C=O) groups is 1. The van der Waals surface area contributed by atoms with E-state index >= 15 is 0 Å². The molecule has 0 aliphatic carbocycles. The van der Waals surface area contributed by atoms with Crippen LogP contribution in [0.2, 0.25) is 0 Å². The van der Waals surface area contributed by atoms with Crippen molar-refractivity contribution in [3.8, 4) is 0 Å². The summed E-state index contributed by atoms with van der Waals surface area (Å²) in [6.45, 7) is 5.82. The van der Waals surface area contributed by atoms with Gasteiger partial charge >= 0.3 is 0 Å². The molecule has 0 aliphatic rings. The Balaban J connectivity index is 2.09. The largest absolute Gasteiger partial charge is 0.324 e. The Hall–Kier alpha value is -2.40. The van der Waals surface area contributed by atoms with Crippen LogP contribution in [-0.2, 0) is 4.79 Å². The molecule has 1 N–H and O–H groups in total. The van der Waals surface area contributed by atoms with Crippen molar-refractivity contribution in [1.82, 2.24) is 4.57 Å². The minimum atomic E-state index is -0.574. The molecule has 0 bridgehead atoms. The molecule has 26 heavy (non-hydrogen) atoms. The van der Waals surface area contributed by atoms with Gasteiger partial charge in [-0.25, -0.2) is 0 Å². The summed E-state index contributed by atoms with van der Waals surface area (Å²) in [6.07, 6.45) is 0.523. The second kappa shape index (κ2) is 7.46. The number of pyridine rings is 1. The van der Waals surface area contributed by atoms with E-state index in [1.807, 2.05) is 63.2 Å². The van der Waals surface area contributed by atoms with Crippen molar-refractivity contribution < 1.29 is 4.79 Å². The summed E-state index contributed by atoms with van der Waals surface area (Å²) in [6, 6.07) is 14.4. The van der Waals surface area contributed by atoms with E-state index in [0.717, 1.165) is 26.5 Å². The van der Waals surface area contributed by atoms with E-state index in [1.54, 1.807) is 10.6 Å². The number of rotatable bonds is 4. The van der Waals surface area contributed by atoms with Crippen molar-refractivity contribution in [2.45, 2.75) is 33.2 Å². The monoisotopic (exact) mass is 412 g/mol. The second-order valence-corrected chi connectivity index (χ2v) is 7.34. The van der Waals surface area contributed by atoms with Gasteiger partial charge in [0.15, 0.2) is 0 Å². The summed E-state index contributed by atoms with van der Waals surface area (Å²) in [5, 5.41) is 3.92. The number of benzene rings is 2. The van der Waals surface area contributed by atoms with Gasteiger partial charge < -0.3 is 5.32 Å². The molecule has 1 aromatic heterocycles. The molecule has 1 amide bonds. The Morgan fingerprint density at radius 1 is 1.12 bits per heavy atom. The molecule has 5 heteroatoms. The van der Waals surface area contributed by atoms with Gasteiger partial charge in [0, 0.05) is 21.6 Å². The SMILES string of the molecule is CCC(C(=O)Nc1ccc(Br)cc1)n1c(=O)cc(C)c2cccc(C)c21. The summed E-state index contributed by atoms with van der Waals surface area (Å²) in [5.41, 5.74) is 3.29. The van der Waals surface area contributed by atoms with E-state index in [2.05, 4.69) is 21.2 Å². The normalized spacial score (nSPS) is 12.2. The van der Waals surface area contributed by atoms with Crippen LogP contribution in [-0.4, -0.2) is 10.5 Å². The Morgan fingerprint density at radius 2 is 1.81 bits per heavy atom. The molecule has 134 valence electrons. The van der Waals surface area contributed by atoms with Crippen LogP contribution < -0.4 is 10.9 Å². The van der Waals surface area contributed by atoms with Crippen molar-refractivity contribution in [1.29, 1.82) is 0 Å². The van der Waals surface area contributed by atoms with Crippen LogP contribution in [0, 0.1) is 13.8 Å². The van der Waals surface area contributed by atoms with Crippen molar-refractivity contribution in [2.75, 3.05) is 5.32 Å². The molecule has 4 nitrogen and oxygen atoms in total. The van der Waals surface area contributed by atoms with Crippen LogP contribution in [0.3, 0.4) is 0 Å². The van der Waals surface area contributed by atoms with Crippen LogP contribution in [0.15, 0.2) is 57.8 Å². The van der Waals surface area contributed by atoms with Crippen LogP contribution in [0.5, 0.6) is 0 Å². The van der Waals surface area contributed by atoms with Gasteiger partial charge in [0.1, 0.15) is 6.04 Å². The summed E-state index contributed by atoms with van der Waals surface area (Å²) >= 11 is 3.38. The van der Waals surface area contributed by atoms with Gasteiger partial charge in [-0.3, -0.25) is 14.2 Å². The quantitative estimate of drug-likeness (QED) is 0.657. The highest BCUT2D eigenvalue weighted by Crippen LogP contribution is 2.25. The molecule has 0 spiro atoms. The zero-order chi connectivity index (χ0) is 18.8. The molecule has 0 saturated heterocycles. The van der Waals surface area contributed by atoms with Gasteiger partial charge in [0.05, 0.1) is 5.52 Å². The first-order chi connectivity index (χ1) is 12.4. The van der Waals surface area contributed by atoms with E-state index in [-0.39, 0.29) is 11.5 Å². The highest BCUT2D eigenvalue weighted by Gasteiger charge is 2.23. The zero-order valence-corrected chi connectivity index (χ0v) is 16.6. The summed E-state index contributed by atoms with van der Waals surface area (Å²) in [7, 11) is 0. The Morgan fingerprint density at radius 3 is 2.46 bits per heavy atom. The molecule has 2 aromatic carbocycles. The fraction of sp³-hybridized carbons (Fsp3) is 0.238. The average Bonchev–Trinajstić information content (AvgIpc) is 2.60. The van der Waals surface area contributed by atoms with Crippen molar-refractivity contribution in [2.24, 2.45) is 0 Å². The predicted octanol–water partition coefficient (Wildman–Crippen LogP) is 4.97. The molecule has 0 fully saturated rings. The molecule has 0 aliphatic heterocycles. The maximum atomic E-state index is 12.9. The first-order valence-corrected chi connectivity index (χ1v) is 9.39. The summed E-state index contributed by atoms with van der Waals surface area (Å²) < 4.78 is 2.57. The topological polar surface area (TPSA) is 51.1 Å². The Bertz CT molecular complexity index is 1020. The number of hydrogen-bond acceptors (Lipinski definition) is 2. The number of anilines is 1. The molecule has 1 atom stereocenters. The van der Waals surface area contributed by atoms with Gasteiger partial charge in [-0.15, -0.1) is 0 Å². The molecule has 1 heterocycles. The van der Waals surface area contributed by atoms with Gasteiger partial charge in [-0.1, -0.05) is 41.1 Å². The summed E-state index contributed by atoms with van der Waals surface area (Å²) in [4.78, 5) is 25.7. The molecule has 3 rings (SSSR count). The number of aromatic nitrogens is 1. The van der Waals surface area contributed by atoms with E-state index in [0.29, 0.717) is 12.1 Å². The third kappa shape index (κ3) is 3.44. The number of carbonyl (C=O) groups excluding carboxylic acids is 1. The number of hydrogen-bond donors (Lipinski definition) is 1. The Kier molecular flexibility index (Phi) is 5.28. The maximum Gasteiger partial charge on any atom is 0.252 e. The fourth-order valence-electron chi connectivity index (χ4n) is 3.29. The van der Waals surface area contributed by atoms with Crippen molar-refractivity contribution >= 4 is 38.4 Å². The third-order valence-corrected chi connectivity index (χ3v) is 5.12. The van der Waals surface area contributed by atoms with Crippen LogP contribution in [0.25, 0.3) is 10.9 Å². The Labute approximate surface area is 161 Å². The highest BCUT2D eigenvalue weighted by atomic mass is 79.9. The molecular weight excluding hydrogens is 392 g/mol. The number of amides is 1. The number of fused-ring (bicyclic) bond motifs is 1. The molecular formula is C21H21BrN2O2. The minimum Gasteiger partial charge on any atom is -0.324 e. The smallest absolute Gasteiger partial charge is 0.252 e. The van der Waals surface area contributed by atoms with Gasteiger partial charge in [0.25, 0.3) is 5.56 Å². The fourth-order valence-corrected chi connectivity index (χ4v) is 3.56. The standard InChI is InChI=1S/C21H21BrN2O2/c1-4-18(21(26)23-16-10-8-15(22)9-11-16)24-19(25)12-14(3)17-7-5-6-13(2)20(17)24/h5-12,18H,4H2,1-3H3,(H,23,26). The zero-order valence-electron chi connectivity index (χ0n) is 15.0. The molecule has 0 radical (unpaired) electrons. The molecule has 3 aromatic rings. The first kappa shape index (κ1) is 18.4. The predicted molar refractivity (Wildman–Crippen MR) is 110 cm³/mol. The lowest BCUT2D eigenvalue weighted by Gasteiger charge is -2.22. The lowest BCUT2D eigenvalue weighted by atomic mass is 10.0. The first-order valence-electron chi connectivity index (χ1n) is 8.60. The number of nitrogens with zero attached hydrogens (tertiary/aromatic N) is 1. The van der Waals surface area contributed by atoms with E-state index in [4.69, 9.17) is 0 Å². The van der Waals surface area contributed by atoms with Crippen molar-refractivity contribution in [3.63, 3.8) is 0 Å². The van der Waals surface area contributed by atoms with E-state index < -0.39 is 6.04 Å². The summed E-state index contributed by atoms with van der Waals surface area (Å²) in [5.74, 6) is -0.190. The molecule has 0 saturated carbocycles. The lowest BCUT2D eigenvalue weighted by molar-refractivity contribution is -0.119. The second-order valence-electron chi connectivity index (χ2n) is 6.43. The number of halogens is 1. The third-order valence-electron chi connectivity index (χ3n) is 4.59. The van der Waals surface area contributed by atoms with Gasteiger partial charge in [-0.2, -0.15) is 0 Å². The highest BCUT2D eigenvalue weighted by molar-refractivity contribution is 9.10. The average molecular weight is 413 g/mol. The lowest BCUT2D eigenvalue weighted by Crippen LogP contribution is -2.33. The van der Waals surface area contributed by atoms with Gasteiger partial charge in [-0.05, 0) is 55.7 Å². The number of aryl methyl sites for hydroxylation is 2. The molecule has 1 unspecified atom stereocenters. The van der Waals surface area contributed by atoms with E-state index in [1.165, 1.54) is 0 Å². The van der Waals surface area contributed by atoms with Gasteiger partial charge in [0.2, 0.25) is 5.91 Å². The maximum absolute atomic E-state index is 12.9. The van der Waals surface area contributed by atoms with Crippen LogP contribution in [0.1, 0.15) is 30.5 Å². The van der Waals surface area contributed by atoms with Crippen LogP contribution >= 0.6 is 15.9 Å². The minimum absolute atomic E-state index is 0.151. The van der Waals surface area contributed by atoms with Crippen LogP contribution in [0.4, 0.5) is 5.69 Å². The number of nitrogens with one attached hydrogen (secondary N) is 1.